The molecule has 1 aromatic rings. The molecular formula is C12H18ClN3O5S. The van der Waals surface area contributed by atoms with Gasteiger partial charge in [0.1, 0.15) is 11.7 Å². The Balaban J connectivity index is 0.00000441. The van der Waals surface area contributed by atoms with Gasteiger partial charge in [-0.1, -0.05) is 0 Å². The van der Waals surface area contributed by atoms with E-state index in [1.54, 1.807) is 5.38 Å². The highest BCUT2D eigenvalue weighted by molar-refractivity contribution is 7.09. The minimum atomic E-state index is -1.12. The van der Waals surface area contributed by atoms with Crippen LogP contribution in [0.2, 0.25) is 0 Å². The van der Waals surface area contributed by atoms with Gasteiger partial charge in [0.05, 0.1) is 25.6 Å². The third-order valence-electron chi connectivity index (χ3n) is 2.53. The van der Waals surface area contributed by atoms with Gasteiger partial charge in [-0.15, -0.1) is 23.7 Å². The van der Waals surface area contributed by atoms with Crippen LogP contribution in [0.4, 0.5) is 0 Å². The van der Waals surface area contributed by atoms with Gasteiger partial charge in [-0.3, -0.25) is 9.59 Å². The molecule has 3 N–H and O–H groups in total. The van der Waals surface area contributed by atoms with Crippen LogP contribution in [0.25, 0.3) is 0 Å². The summed E-state index contributed by atoms with van der Waals surface area (Å²) >= 11 is 1.30. The van der Waals surface area contributed by atoms with Crippen molar-refractivity contribution in [1.82, 2.24) is 10.3 Å². The predicted octanol–water partition coefficient (Wildman–Crippen LogP) is -0.0994. The van der Waals surface area contributed by atoms with E-state index in [0.29, 0.717) is 13.0 Å². The number of nitrogens with one attached hydrogen (secondary N) is 1. The lowest BCUT2D eigenvalue weighted by Gasteiger charge is -2.14. The normalized spacial score (nSPS) is 11.0. The smallest absolute Gasteiger partial charge is 0.328 e. The van der Waals surface area contributed by atoms with E-state index in [2.05, 4.69) is 19.8 Å². The number of nitrogens with two attached hydrogens (primary N) is 1. The Morgan fingerprint density at radius 1 is 1.36 bits per heavy atom. The number of methoxy groups -OCH3 is 2. The molecule has 0 radical (unpaired) electrons. The third-order valence-corrected chi connectivity index (χ3v) is 3.44. The lowest BCUT2D eigenvalue weighted by Crippen LogP contribution is -2.43. The second-order valence-corrected chi connectivity index (χ2v) is 4.94. The van der Waals surface area contributed by atoms with Crippen LogP contribution in [-0.2, 0) is 25.5 Å². The Morgan fingerprint density at radius 2 is 2.05 bits per heavy atom. The summed E-state index contributed by atoms with van der Waals surface area (Å²) in [5.41, 5.74) is 5.58. The van der Waals surface area contributed by atoms with Crippen molar-refractivity contribution in [3.05, 3.63) is 16.1 Å². The Kier molecular flexibility index (Phi) is 9.31. The molecule has 124 valence electrons. The van der Waals surface area contributed by atoms with Crippen molar-refractivity contribution in [3.63, 3.8) is 0 Å². The molecule has 0 spiro atoms. The number of rotatable bonds is 7. The van der Waals surface area contributed by atoms with Crippen LogP contribution in [0.15, 0.2) is 5.38 Å². The fraction of sp³-hybridized carbons (Fsp3) is 0.500. The van der Waals surface area contributed by atoms with Gasteiger partial charge < -0.3 is 20.5 Å². The first kappa shape index (κ1) is 20.3. The van der Waals surface area contributed by atoms with Gasteiger partial charge in [0, 0.05) is 11.8 Å². The van der Waals surface area contributed by atoms with Crippen molar-refractivity contribution < 1.29 is 23.9 Å². The number of amides is 1. The van der Waals surface area contributed by atoms with E-state index < -0.39 is 23.9 Å². The number of nitrogens with zero attached hydrogens (tertiary/aromatic N) is 1. The SMILES string of the molecule is COC(=O)CC(NC(=O)c1csc(CCN)n1)C(=O)OC.Cl. The molecule has 10 heteroatoms. The van der Waals surface area contributed by atoms with Crippen LogP contribution in [0.5, 0.6) is 0 Å². The minimum Gasteiger partial charge on any atom is -0.469 e. The fourth-order valence-electron chi connectivity index (χ4n) is 1.47. The molecule has 1 amide bonds. The van der Waals surface area contributed by atoms with E-state index in [1.165, 1.54) is 25.6 Å². The van der Waals surface area contributed by atoms with Gasteiger partial charge in [0.25, 0.3) is 5.91 Å². The molecule has 0 saturated carbocycles. The molecule has 0 bridgehead atoms. The number of ether oxygens (including phenoxy) is 2. The van der Waals surface area contributed by atoms with Crippen molar-refractivity contribution in [2.75, 3.05) is 20.8 Å². The highest BCUT2D eigenvalue weighted by atomic mass is 35.5. The Labute approximate surface area is 137 Å². The van der Waals surface area contributed by atoms with Crippen LogP contribution in [0.1, 0.15) is 21.9 Å². The number of hydrogen-bond donors (Lipinski definition) is 2. The van der Waals surface area contributed by atoms with Crippen LogP contribution < -0.4 is 11.1 Å². The van der Waals surface area contributed by atoms with Gasteiger partial charge in [-0.2, -0.15) is 0 Å². The average Bonchev–Trinajstić information content (AvgIpc) is 2.94. The van der Waals surface area contributed by atoms with E-state index in [1.807, 2.05) is 0 Å². The minimum absolute atomic E-state index is 0. The summed E-state index contributed by atoms with van der Waals surface area (Å²) in [7, 11) is 2.36. The van der Waals surface area contributed by atoms with Gasteiger partial charge in [0.15, 0.2) is 0 Å². The summed E-state index contributed by atoms with van der Waals surface area (Å²) in [6.07, 6.45) is 0.259. The van der Waals surface area contributed by atoms with E-state index in [4.69, 9.17) is 5.73 Å². The Morgan fingerprint density at radius 3 is 2.59 bits per heavy atom. The molecule has 8 nitrogen and oxygen atoms in total. The number of carbonyl (C=O) groups excluding carboxylic acids is 3. The molecule has 0 aliphatic carbocycles. The van der Waals surface area contributed by atoms with Crippen molar-refractivity contribution in [3.8, 4) is 0 Å². The predicted molar refractivity (Wildman–Crippen MR) is 82.0 cm³/mol. The Bertz CT molecular complexity index is 523. The van der Waals surface area contributed by atoms with E-state index in [9.17, 15) is 14.4 Å². The molecule has 1 rings (SSSR count). The molecule has 1 atom stereocenters. The lowest BCUT2D eigenvalue weighted by atomic mass is 10.2. The quantitative estimate of drug-likeness (QED) is 0.658. The molecular weight excluding hydrogens is 334 g/mol. The second kappa shape index (κ2) is 10.1. The molecule has 22 heavy (non-hydrogen) atoms. The van der Waals surface area contributed by atoms with Gasteiger partial charge in [0.2, 0.25) is 0 Å². The highest BCUT2D eigenvalue weighted by Gasteiger charge is 2.26. The van der Waals surface area contributed by atoms with Crippen LogP contribution in [0, 0.1) is 0 Å². The number of halogens is 1. The molecule has 0 aliphatic rings. The van der Waals surface area contributed by atoms with Crippen LogP contribution >= 0.6 is 23.7 Å². The summed E-state index contributed by atoms with van der Waals surface area (Å²) in [6, 6.07) is -1.12. The molecule has 0 fully saturated rings. The zero-order valence-corrected chi connectivity index (χ0v) is 13.8. The topological polar surface area (TPSA) is 121 Å². The zero-order chi connectivity index (χ0) is 15.8. The maximum atomic E-state index is 12.0. The second-order valence-electron chi connectivity index (χ2n) is 3.99. The largest absolute Gasteiger partial charge is 0.469 e. The maximum Gasteiger partial charge on any atom is 0.328 e. The van der Waals surface area contributed by atoms with Gasteiger partial charge in [-0.05, 0) is 6.54 Å². The van der Waals surface area contributed by atoms with E-state index in [0.717, 1.165) is 5.01 Å². The molecule has 0 saturated heterocycles. The highest BCUT2D eigenvalue weighted by Crippen LogP contribution is 2.10. The van der Waals surface area contributed by atoms with Crippen molar-refractivity contribution >= 4 is 41.6 Å². The number of hydrogen-bond acceptors (Lipinski definition) is 8. The van der Waals surface area contributed by atoms with Crippen molar-refractivity contribution in [1.29, 1.82) is 0 Å². The summed E-state index contributed by atoms with van der Waals surface area (Å²) < 4.78 is 9.02. The maximum absolute atomic E-state index is 12.0. The summed E-state index contributed by atoms with van der Waals surface area (Å²) in [5.74, 6) is -1.92. The first-order valence-corrected chi connectivity index (χ1v) is 6.99. The summed E-state index contributed by atoms with van der Waals surface area (Å²) in [4.78, 5) is 38.9. The molecule has 0 aliphatic heterocycles. The molecule has 1 heterocycles. The molecule has 1 aromatic heterocycles. The summed E-state index contributed by atoms with van der Waals surface area (Å²) in [6.45, 7) is 0.432. The van der Waals surface area contributed by atoms with Gasteiger partial charge in [-0.25, -0.2) is 9.78 Å². The van der Waals surface area contributed by atoms with Crippen molar-refractivity contribution in [2.24, 2.45) is 5.73 Å². The number of aromatic nitrogens is 1. The molecule has 1 unspecified atom stereocenters. The van der Waals surface area contributed by atoms with E-state index in [-0.39, 0.29) is 24.5 Å². The number of thiazole rings is 1. The first-order valence-electron chi connectivity index (χ1n) is 6.11. The number of esters is 2. The van der Waals surface area contributed by atoms with E-state index >= 15 is 0 Å². The monoisotopic (exact) mass is 351 g/mol. The zero-order valence-electron chi connectivity index (χ0n) is 12.2. The summed E-state index contributed by atoms with van der Waals surface area (Å²) in [5, 5.41) is 4.69. The third kappa shape index (κ3) is 5.96. The first-order chi connectivity index (χ1) is 10.0. The van der Waals surface area contributed by atoms with Crippen molar-refractivity contribution in [2.45, 2.75) is 18.9 Å². The average molecular weight is 352 g/mol. The Hall–Kier alpha value is -1.71. The van der Waals surface area contributed by atoms with Gasteiger partial charge >= 0.3 is 11.9 Å². The molecule has 0 aromatic carbocycles. The van der Waals surface area contributed by atoms with Crippen LogP contribution in [0.3, 0.4) is 0 Å². The lowest BCUT2D eigenvalue weighted by molar-refractivity contribution is -0.149. The number of carbonyl (C=O) groups is 3. The van der Waals surface area contributed by atoms with Crippen LogP contribution in [-0.4, -0.2) is 49.6 Å². The fourth-order valence-corrected chi connectivity index (χ4v) is 2.27. The standard InChI is InChI=1S/C12H17N3O5S.ClH/c1-19-10(16)5-7(12(18)20-2)15-11(17)8-6-21-9(14-8)3-4-13;/h6-7H,3-5,13H2,1-2H3,(H,15,17);1H.